The first-order valence-electron chi connectivity index (χ1n) is 7.99. The maximum absolute atomic E-state index is 5.99. The zero-order chi connectivity index (χ0) is 14.8. The molecule has 1 fully saturated rings. The van der Waals surface area contributed by atoms with Gasteiger partial charge in [0.25, 0.3) is 0 Å². The van der Waals surface area contributed by atoms with E-state index in [1.807, 2.05) is 18.2 Å². The van der Waals surface area contributed by atoms with Crippen molar-refractivity contribution in [1.82, 2.24) is 0 Å². The Labute approximate surface area is 131 Å². The number of anilines is 1. The van der Waals surface area contributed by atoms with Crippen LogP contribution in [0, 0.1) is 0 Å². The van der Waals surface area contributed by atoms with E-state index in [0.717, 1.165) is 38.3 Å². The second-order valence-corrected chi connectivity index (χ2v) is 6.23. The molecule has 3 nitrogen and oxygen atoms in total. The van der Waals surface area contributed by atoms with Gasteiger partial charge in [-0.1, -0.05) is 30.3 Å². The summed E-state index contributed by atoms with van der Waals surface area (Å²) in [7, 11) is 0. The zero-order valence-corrected chi connectivity index (χ0v) is 12.7. The molecule has 1 spiro atoms. The lowest BCUT2D eigenvalue weighted by Gasteiger charge is -2.33. The molecule has 22 heavy (non-hydrogen) atoms. The smallest absolute Gasteiger partial charge is 0.120 e. The van der Waals surface area contributed by atoms with E-state index in [2.05, 4.69) is 35.6 Å². The molecule has 0 unspecified atom stereocenters. The largest absolute Gasteiger partial charge is 0.489 e. The van der Waals surface area contributed by atoms with Gasteiger partial charge in [-0.3, -0.25) is 0 Å². The molecule has 2 aliphatic rings. The van der Waals surface area contributed by atoms with Crippen LogP contribution in [0.25, 0.3) is 0 Å². The van der Waals surface area contributed by atoms with Gasteiger partial charge in [-0.15, -0.1) is 0 Å². The van der Waals surface area contributed by atoms with Crippen LogP contribution in [0.3, 0.4) is 0 Å². The van der Waals surface area contributed by atoms with Gasteiger partial charge in [0.15, 0.2) is 0 Å². The van der Waals surface area contributed by atoms with Crippen molar-refractivity contribution in [2.45, 2.75) is 24.9 Å². The van der Waals surface area contributed by atoms with Gasteiger partial charge < -0.3 is 14.8 Å². The van der Waals surface area contributed by atoms with Crippen LogP contribution >= 0.6 is 0 Å². The molecule has 4 rings (SSSR count). The normalized spacial score (nSPS) is 18.7. The highest BCUT2D eigenvalue weighted by molar-refractivity contribution is 5.62. The molecule has 0 bridgehead atoms. The Morgan fingerprint density at radius 3 is 2.68 bits per heavy atom. The number of rotatable bonds is 3. The van der Waals surface area contributed by atoms with E-state index in [9.17, 15) is 0 Å². The first-order chi connectivity index (χ1) is 10.9. The van der Waals surface area contributed by atoms with Crippen LogP contribution in [0.15, 0.2) is 48.5 Å². The Hall–Kier alpha value is -2.00. The van der Waals surface area contributed by atoms with E-state index >= 15 is 0 Å². The first kappa shape index (κ1) is 13.6. The molecule has 2 aromatic carbocycles. The fourth-order valence-electron chi connectivity index (χ4n) is 3.51. The van der Waals surface area contributed by atoms with Gasteiger partial charge in [0.2, 0.25) is 0 Å². The summed E-state index contributed by atoms with van der Waals surface area (Å²) < 4.78 is 11.5. The highest BCUT2D eigenvalue weighted by Gasteiger charge is 2.40. The van der Waals surface area contributed by atoms with Crippen LogP contribution in [0.5, 0.6) is 5.75 Å². The SMILES string of the molecule is c1ccc(COc2ccc3c(c2)C2(CCOCC2)CN3)cc1. The molecule has 0 aliphatic carbocycles. The van der Waals surface area contributed by atoms with Gasteiger partial charge in [-0.2, -0.15) is 0 Å². The Morgan fingerprint density at radius 1 is 1.05 bits per heavy atom. The first-order valence-corrected chi connectivity index (χ1v) is 7.99. The quantitative estimate of drug-likeness (QED) is 0.935. The third-order valence-corrected chi connectivity index (χ3v) is 4.88. The molecule has 0 atom stereocenters. The standard InChI is InChI=1S/C19H21NO2/c1-2-4-15(5-3-1)13-22-16-6-7-18-17(12-16)19(14-20-18)8-10-21-11-9-19/h1-7,12,20H,8-11,13-14H2. The third-order valence-electron chi connectivity index (χ3n) is 4.88. The predicted octanol–water partition coefficient (Wildman–Crippen LogP) is 3.74. The zero-order valence-electron chi connectivity index (χ0n) is 12.7. The van der Waals surface area contributed by atoms with Crippen molar-refractivity contribution >= 4 is 5.69 Å². The molecule has 0 amide bonds. The maximum Gasteiger partial charge on any atom is 0.120 e. The summed E-state index contributed by atoms with van der Waals surface area (Å²) in [4.78, 5) is 0. The van der Waals surface area contributed by atoms with Crippen molar-refractivity contribution in [2.75, 3.05) is 25.1 Å². The van der Waals surface area contributed by atoms with Crippen LogP contribution in [-0.2, 0) is 16.8 Å². The minimum absolute atomic E-state index is 0.236. The molecule has 114 valence electrons. The number of hydrogen-bond acceptors (Lipinski definition) is 3. The van der Waals surface area contributed by atoms with Crippen molar-refractivity contribution in [3.8, 4) is 5.75 Å². The number of hydrogen-bond donors (Lipinski definition) is 1. The molecule has 3 heteroatoms. The number of benzene rings is 2. The number of ether oxygens (including phenoxy) is 2. The second-order valence-electron chi connectivity index (χ2n) is 6.23. The van der Waals surface area contributed by atoms with Crippen LogP contribution < -0.4 is 10.1 Å². The van der Waals surface area contributed by atoms with Gasteiger partial charge in [-0.25, -0.2) is 0 Å². The summed E-state index contributed by atoms with van der Waals surface area (Å²) in [5, 5.41) is 3.55. The van der Waals surface area contributed by atoms with Crippen molar-refractivity contribution < 1.29 is 9.47 Å². The minimum atomic E-state index is 0.236. The van der Waals surface area contributed by atoms with Gasteiger partial charge in [0.05, 0.1) is 0 Å². The predicted molar refractivity (Wildman–Crippen MR) is 87.4 cm³/mol. The van der Waals surface area contributed by atoms with E-state index in [4.69, 9.17) is 9.47 Å². The second kappa shape index (κ2) is 5.65. The van der Waals surface area contributed by atoms with E-state index in [1.54, 1.807) is 0 Å². The highest BCUT2D eigenvalue weighted by Crippen LogP contribution is 2.44. The van der Waals surface area contributed by atoms with Gasteiger partial charge in [-0.05, 0) is 42.2 Å². The molecular weight excluding hydrogens is 274 g/mol. The summed E-state index contributed by atoms with van der Waals surface area (Å²) in [5.41, 5.74) is 4.09. The van der Waals surface area contributed by atoms with Gasteiger partial charge in [0.1, 0.15) is 12.4 Å². The Kier molecular flexibility index (Phi) is 3.51. The van der Waals surface area contributed by atoms with Crippen LogP contribution in [0.2, 0.25) is 0 Å². The van der Waals surface area contributed by atoms with Gasteiger partial charge in [0, 0.05) is 30.9 Å². The lowest BCUT2D eigenvalue weighted by molar-refractivity contribution is 0.0566. The van der Waals surface area contributed by atoms with Crippen LogP contribution in [0.1, 0.15) is 24.0 Å². The number of nitrogens with one attached hydrogen (secondary N) is 1. The fourth-order valence-corrected chi connectivity index (χ4v) is 3.51. The summed E-state index contributed by atoms with van der Waals surface area (Å²) in [6, 6.07) is 16.7. The molecule has 2 aliphatic heterocycles. The lowest BCUT2D eigenvalue weighted by atomic mass is 9.76. The van der Waals surface area contributed by atoms with Crippen molar-refractivity contribution in [3.05, 3.63) is 59.7 Å². The monoisotopic (exact) mass is 295 g/mol. The average Bonchev–Trinajstić information content (AvgIpc) is 2.93. The molecule has 0 radical (unpaired) electrons. The van der Waals surface area contributed by atoms with Gasteiger partial charge >= 0.3 is 0 Å². The van der Waals surface area contributed by atoms with E-state index in [0.29, 0.717) is 6.61 Å². The lowest BCUT2D eigenvalue weighted by Crippen LogP contribution is -2.35. The van der Waals surface area contributed by atoms with Crippen molar-refractivity contribution in [2.24, 2.45) is 0 Å². The van der Waals surface area contributed by atoms with E-state index in [1.165, 1.54) is 16.8 Å². The molecule has 1 saturated heterocycles. The Morgan fingerprint density at radius 2 is 1.86 bits per heavy atom. The van der Waals surface area contributed by atoms with E-state index < -0.39 is 0 Å². The fraction of sp³-hybridized carbons (Fsp3) is 0.368. The molecule has 1 N–H and O–H groups in total. The molecular formula is C19H21NO2. The molecule has 0 saturated carbocycles. The topological polar surface area (TPSA) is 30.5 Å². The summed E-state index contributed by atoms with van der Waals surface area (Å²) in [6.45, 7) is 3.35. The summed E-state index contributed by atoms with van der Waals surface area (Å²) >= 11 is 0. The van der Waals surface area contributed by atoms with Crippen molar-refractivity contribution in [3.63, 3.8) is 0 Å². The summed E-state index contributed by atoms with van der Waals surface area (Å²) in [5.74, 6) is 0.956. The maximum atomic E-state index is 5.99. The average molecular weight is 295 g/mol. The van der Waals surface area contributed by atoms with Crippen LogP contribution in [0.4, 0.5) is 5.69 Å². The summed E-state index contributed by atoms with van der Waals surface area (Å²) in [6.07, 6.45) is 2.18. The molecule has 0 aromatic heterocycles. The van der Waals surface area contributed by atoms with Crippen molar-refractivity contribution in [1.29, 1.82) is 0 Å². The van der Waals surface area contributed by atoms with E-state index in [-0.39, 0.29) is 5.41 Å². The molecule has 2 heterocycles. The Balaban J connectivity index is 1.55. The Bertz CT molecular complexity index is 642. The number of fused-ring (bicyclic) bond motifs is 2. The van der Waals surface area contributed by atoms with Crippen LogP contribution in [-0.4, -0.2) is 19.8 Å². The highest BCUT2D eigenvalue weighted by atomic mass is 16.5. The minimum Gasteiger partial charge on any atom is -0.489 e. The molecule has 2 aromatic rings. The third kappa shape index (κ3) is 2.46.